The molecule has 3 atom stereocenters. The minimum absolute atomic E-state index is 0.0548. The lowest BCUT2D eigenvalue weighted by atomic mass is 9.83. The van der Waals surface area contributed by atoms with E-state index in [1.54, 1.807) is 25.2 Å². The molecule has 0 aromatic heterocycles. The number of hydrogen-bond acceptors (Lipinski definition) is 2. The van der Waals surface area contributed by atoms with Gasteiger partial charge in [-0.25, -0.2) is 4.39 Å². The van der Waals surface area contributed by atoms with Gasteiger partial charge in [0.05, 0.1) is 12.0 Å². The van der Waals surface area contributed by atoms with E-state index in [2.05, 4.69) is 5.32 Å². The number of nitrogens with one attached hydrogen (secondary N) is 1. The molecular weight excluding hydrogens is 283 g/mol. The van der Waals surface area contributed by atoms with Gasteiger partial charge >= 0.3 is 0 Å². The van der Waals surface area contributed by atoms with Crippen LogP contribution in [0.3, 0.4) is 0 Å². The number of amides is 2. The number of hydrogen-bond donors (Lipinski definition) is 1. The molecule has 1 fully saturated rings. The van der Waals surface area contributed by atoms with Crippen molar-refractivity contribution < 1.29 is 14.0 Å². The fraction of sp³-hybridized carbons (Fsp3) is 0.529. The molecule has 1 aromatic carbocycles. The Morgan fingerprint density at radius 1 is 1.45 bits per heavy atom. The Hall–Kier alpha value is -1.91. The van der Waals surface area contributed by atoms with E-state index in [0.29, 0.717) is 18.4 Å². The maximum absolute atomic E-state index is 14.2. The van der Waals surface area contributed by atoms with Gasteiger partial charge in [-0.3, -0.25) is 9.59 Å². The number of carbonyl (C=O) groups excluding carboxylic acids is 2. The van der Waals surface area contributed by atoms with Crippen LogP contribution in [0.25, 0.3) is 0 Å². The molecule has 120 valence electrons. The van der Waals surface area contributed by atoms with Gasteiger partial charge in [0.25, 0.3) is 0 Å². The summed E-state index contributed by atoms with van der Waals surface area (Å²) in [4.78, 5) is 26.1. The average Bonchev–Trinajstić information content (AvgIpc) is 2.50. The Morgan fingerprint density at radius 3 is 2.77 bits per heavy atom. The molecule has 2 rings (SSSR count). The van der Waals surface area contributed by atoms with Gasteiger partial charge in [0.15, 0.2) is 0 Å². The van der Waals surface area contributed by atoms with Crippen LogP contribution in [0, 0.1) is 11.7 Å². The van der Waals surface area contributed by atoms with Crippen molar-refractivity contribution in [3.63, 3.8) is 0 Å². The van der Waals surface area contributed by atoms with Crippen molar-refractivity contribution in [1.29, 1.82) is 0 Å². The van der Waals surface area contributed by atoms with E-state index >= 15 is 0 Å². The highest BCUT2D eigenvalue weighted by atomic mass is 19.1. The maximum Gasteiger partial charge on any atom is 0.225 e. The third-order valence-electron chi connectivity index (χ3n) is 4.42. The first-order valence-electron chi connectivity index (χ1n) is 7.76. The molecule has 2 amide bonds. The summed E-state index contributed by atoms with van der Waals surface area (Å²) in [5.74, 6) is -0.966. The molecule has 0 saturated carbocycles. The standard InChI is InChI=1S/C17H23FN2O2/c1-4-11(2)19-17(22)13-9-10-15(21)20(3)16(13)12-7-5-6-8-14(12)18/h5-8,11,13,16H,4,9-10H2,1-3H3,(H,19,22)/t11-,13-,16+/m0/s1. The van der Waals surface area contributed by atoms with E-state index in [9.17, 15) is 14.0 Å². The van der Waals surface area contributed by atoms with Gasteiger partial charge in [-0.15, -0.1) is 0 Å². The molecule has 0 unspecified atom stereocenters. The number of rotatable bonds is 4. The molecule has 1 aromatic rings. The Balaban J connectivity index is 2.32. The second-order valence-electron chi connectivity index (χ2n) is 5.93. The van der Waals surface area contributed by atoms with Crippen molar-refractivity contribution in [2.24, 2.45) is 5.92 Å². The van der Waals surface area contributed by atoms with Crippen LogP contribution >= 0.6 is 0 Å². The Morgan fingerprint density at radius 2 is 2.14 bits per heavy atom. The van der Waals surface area contributed by atoms with E-state index in [1.165, 1.54) is 11.0 Å². The van der Waals surface area contributed by atoms with Crippen LogP contribution in [0.5, 0.6) is 0 Å². The van der Waals surface area contributed by atoms with Crippen LogP contribution < -0.4 is 5.32 Å². The van der Waals surface area contributed by atoms with E-state index < -0.39 is 12.0 Å². The van der Waals surface area contributed by atoms with Crippen LogP contribution in [0.15, 0.2) is 24.3 Å². The number of likely N-dealkylation sites (tertiary alicyclic amines) is 1. The first kappa shape index (κ1) is 16.5. The molecule has 22 heavy (non-hydrogen) atoms. The van der Waals surface area contributed by atoms with Crippen molar-refractivity contribution in [1.82, 2.24) is 10.2 Å². The molecule has 5 heteroatoms. The molecule has 1 heterocycles. The van der Waals surface area contributed by atoms with Gasteiger partial charge in [-0.05, 0) is 25.8 Å². The zero-order valence-electron chi connectivity index (χ0n) is 13.3. The number of nitrogens with zero attached hydrogens (tertiary/aromatic N) is 1. The fourth-order valence-corrected chi connectivity index (χ4v) is 2.91. The first-order valence-corrected chi connectivity index (χ1v) is 7.76. The summed E-state index contributed by atoms with van der Waals surface area (Å²) in [7, 11) is 1.64. The van der Waals surface area contributed by atoms with E-state index in [0.717, 1.165) is 6.42 Å². The third kappa shape index (κ3) is 3.29. The van der Waals surface area contributed by atoms with Crippen LogP contribution in [0.1, 0.15) is 44.7 Å². The predicted octanol–water partition coefficient (Wildman–Crippen LogP) is 2.65. The van der Waals surface area contributed by atoms with Gasteiger partial charge in [0.1, 0.15) is 5.82 Å². The van der Waals surface area contributed by atoms with Crippen molar-refractivity contribution in [2.45, 2.75) is 45.2 Å². The first-order chi connectivity index (χ1) is 10.5. The predicted molar refractivity (Wildman–Crippen MR) is 82.5 cm³/mol. The normalized spacial score (nSPS) is 23.3. The number of carbonyl (C=O) groups is 2. The summed E-state index contributed by atoms with van der Waals surface area (Å²) in [5, 5.41) is 2.95. The van der Waals surface area contributed by atoms with Gasteiger partial charge in [0, 0.05) is 25.1 Å². The average molecular weight is 306 g/mol. The number of piperidine rings is 1. The van der Waals surface area contributed by atoms with Crippen LogP contribution in [-0.4, -0.2) is 29.8 Å². The molecule has 0 bridgehead atoms. The summed E-state index contributed by atoms with van der Waals surface area (Å²) in [6, 6.07) is 5.88. The van der Waals surface area contributed by atoms with E-state index in [4.69, 9.17) is 0 Å². The molecule has 0 spiro atoms. The van der Waals surface area contributed by atoms with Crippen molar-refractivity contribution in [2.75, 3.05) is 7.05 Å². The summed E-state index contributed by atoms with van der Waals surface area (Å²) < 4.78 is 14.2. The molecule has 1 saturated heterocycles. The largest absolute Gasteiger partial charge is 0.353 e. The minimum Gasteiger partial charge on any atom is -0.353 e. The smallest absolute Gasteiger partial charge is 0.225 e. The zero-order valence-corrected chi connectivity index (χ0v) is 13.3. The monoisotopic (exact) mass is 306 g/mol. The molecule has 1 aliphatic rings. The maximum atomic E-state index is 14.2. The highest BCUT2D eigenvalue weighted by Crippen LogP contribution is 2.37. The van der Waals surface area contributed by atoms with Crippen LogP contribution in [0.4, 0.5) is 4.39 Å². The van der Waals surface area contributed by atoms with Crippen LogP contribution in [0.2, 0.25) is 0 Å². The van der Waals surface area contributed by atoms with Gasteiger partial charge in [0.2, 0.25) is 11.8 Å². The molecule has 1 aliphatic heterocycles. The molecule has 4 nitrogen and oxygen atoms in total. The highest BCUT2D eigenvalue weighted by Gasteiger charge is 2.40. The Bertz CT molecular complexity index is 561. The topological polar surface area (TPSA) is 49.4 Å². The molecular formula is C17H23FN2O2. The lowest BCUT2D eigenvalue weighted by Crippen LogP contribution is -2.48. The summed E-state index contributed by atoms with van der Waals surface area (Å²) in [6.45, 7) is 3.93. The Kier molecular flexibility index (Phi) is 5.16. The van der Waals surface area contributed by atoms with Crippen molar-refractivity contribution in [3.05, 3.63) is 35.6 Å². The lowest BCUT2D eigenvalue weighted by Gasteiger charge is -2.39. The number of benzene rings is 1. The van der Waals surface area contributed by atoms with Crippen molar-refractivity contribution in [3.8, 4) is 0 Å². The van der Waals surface area contributed by atoms with Crippen molar-refractivity contribution >= 4 is 11.8 Å². The van der Waals surface area contributed by atoms with Crippen LogP contribution in [-0.2, 0) is 9.59 Å². The van der Waals surface area contributed by atoms with E-state index in [1.807, 2.05) is 13.8 Å². The fourth-order valence-electron chi connectivity index (χ4n) is 2.91. The second-order valence-corrected chi connectivity index (χ2v) is 5.93. The SMILES string of the molecule is CC[C@H](C)NC(=O)[C@H]1CCC(=O)N(C)[C@@H]1c1ccccc1F. The second kappa shape index (κ2) is 6.90. The van der Waals surface area contributed by atoms with Gasteiger partial charge in [-0.1, -0.05) is 25.1 Å². The lowest BCUT2D eigenvalue weighted by molar-refractivity contribution is -0.141. The molecule has 0 radical (unpaired) electrons. The third-order valence-corrected chi connectivity index (χ3v) is 4.42. The van der Waals surface area contributed by atoms with Gasteiger partial charge in [-0.2, -0.15) is 0 Å². The van der Waals surface area contributed by atoms with E-state index in [-0.39, 0.29) is 23.7 Å². The highest BCUT2D eigenvalue weighted by molar-refractivity contribution is 5.85. The minimum atomic E-state index is -0.550. The molecule has 0 aliphatic carbocycles. The summed E-state index contributed by atoms with van der Waals surface area (Å²) in [6.07, 6.45) is 1.60. The Labute approximate surface area is 130 Å². The number of halogens is 1. The molecule has 1 N–H and O–H groups in total. The summed E-state index contributed by atoms with van der Waals surface area (Å²) in [5.41, 5.74) is 0.405. The zero-order chi connectivity index (χ0) is 16.3. The quantitative estimate of drug-likeness (QED) is 0.929. The summed E-state index contributed by atoms with van der Waals surface area (Å²) >= 11 is 0. The van der Waals surface area contributed by atoms with Gasteiger partial charge < -0.3 is 10.2 Å².